The van der Waals surface area contributed by atoms with Gasteiger partial charge in [0.15, 0.2) is 0 Å². The number of halogens is 2. The van der Waals surface area contributed by atoms with Gasteiger partial charge in [-0.15, -0.1) is 0 Å². The van der Waals surface area contributed by atoms with Gasteiger partial charge in [0, 0.05) is 11.0 Å². The van der Waals surface area contributed by atoms with E-state index in [0.29, 0.717) is 0 Å². The third-order valence-corrected chi connectivity index (χ3v) is 5.82. The van der Waals surface area contributed by atoms with E-state index in [4.69, 9.17) is 4.74 Å². The third kappa shape index (κ3) is 5.07. The van der Waals surface area contributed by atoms with E-state index in [0.717, 1.165) is 52.1 Å². The highest BCUT2D eigenvalue weighted by Crippen LogP contribution is 2.33. The topological polar surface area (TPSA) is 32.7 Å². The van der Waals surface area contributed by atoms with Crippen LogP contribution < -0.4 is 4.74 Å². The van der Waals surface area contributed by atoms with E-state index >= 15 is 0 Å². The summed E-state index contributed by atoms with van der Waals surface area (Å²) < 4.78 is 7.80. The Hall–Kier alpha value is -0.880. The van der Waals surface area contributed by atoms with Crippen molar-refractivity contribution < 1.29 is 9.84 Å². The van der Waals surface area contributed by atoms with Crippen molar-refractivity contribution in [2.45, 2.75) is 31.8 Å². The molecule has 1 N–H and O–H groups in total. The van der Waals surface area contributed by atoms with Crippen LogP contribution in [0, 0.1) is 0 Å². The minimum absolute atomic E-state index is 0.742. The number of hydrogen-bond acceptors (Lipinski definition) is 3. The molecule has 1 fully saturated rings. The molecule has 25 heavy (non-hydrogen) atoms. The smallest absolute Gasteiger partial charge is 0.141 e. The fourth-order valence-corrected chi connectivity index (χ4v) is 4.22. The number of rotatable bonds is 6. The van der Waals surface area contributed by atoms with Crippen molar-refractivity contribution in [3.05, 3.63) is 57.0 Å². The maximum Gasteiger partial charge on any atom is 0.141 e. The van der Waals surface area contributed by atoms with Crippen molar-refractivity contribution in [1.29, 1.82) is 0 Å². The summed E-state index contributed by atoms with van der Waals surface area (Å²) in [7, 11) is 0. The molecule has 0 bridgehead atoms. The van der Waals surface area contributed by atoms with Crippen LogP contribution in [0.2, 0.25) is 0 Å². The Kier molecular flexibility index (Phi) is 6.21. The fourth-order valence-electron chi connectivity index (χ4n) is 3.09. The lowest BCUT2D eigenvalue weighted by atomic mass is 9.92. The first kappa shape index (κ1) is 18.9. The quantitative estimate of drug-likeness (QED) is 0.590. The molecule has 134 valence electrons. The third-order valence-electron chi connectivity index (χ3n) is 4.71. The summed E-state index contributed by atoms with van der Waals surface area (Å²) in [5, 5.41) is 10.8. The van der Waals surface area contributed by atoms with E-state index in [1.165, 1.54) is 12.8 Å². The molecule has 0 saturated carbocycles. The van der Waals surface area contributed by atoms with Crippen molar-refractivity contribution in [3.8, 4) is 11.5 Å². The van der Waals surface area contributed by atoms with E-state index in [1.807, 2.05) is 49.4 Å². The summed E-state index contributed by atoms with van der Waals surface area (Å²) in [4.78, 5) is 2.43. The molecule has 1 saturated heterocycles. The molecule has 0 aromatic heterocycles. The average molecular weight is 469 g/mol. The molecule has 1 aliphatic heterocycles. The molecule has 2 aromatic rings. The monoisotopic (exact) mass is 467 g/mol. The fraction of sp³-hybridized carbons (Fsp3) is 0.400. The predicted molar refractivity (Wildman–Crippen MR) is 108 cm³/mol. The van der Waals surface area contributed by atoms with Gasteiger partial charge in [0.1, 0.15) is 11.5 Å². The second kappa shape index (κ2) is 8.21. The van der Waals surface area contributed by atoms with Gasteiger partial charge >= 0.3 is 0 Å². The van der Waals surface area contributed by atoms with Crippen LogP contribution in [0.5, 0.6) is 11.5 Å². The van der Waals surface area contributed by atoms with Crippen molar-refractivity contribution in [2.24, 2.45) is 0 Å². The lowest BCUT2D eigenvalue weighted by Gasteiger charge is -2.27. The maximum atomic E-state index is 10.8. The highest BCUT2D eigenvalue weighted by molar-refractivity contribution is 9.11. The summed E-state index contributed by atoms with van der Waals surface area (Å²) in [6.45, 7) is 5.15. The minimum atomic E-state index is -0.820. The van der Waals surface area contributed by atoms with Crippen LogP contribution in [-0.2, 0) is 5.60 Å². The van der Waals surface area contributed by atoms with Gasteiger partial charge in [-0.05, 0) is 91.1 Å². The first-order valence-electron chi connectivity index (χ1n) is 8.62. The molecule has 1 heterocycles. The number of hydrogen-bond donors (Lipinski definition) is 1. The summed E-state index contributed by atoms with van der Waals surface area (Å²) in [6, 6.07) is 13.5. The van der Waals surface area contributed by atoms with Crippen molar-refractivity contribution in [2.75, 3.05) is 19.6 Å². The molecular formula is C20H23Br2NO2. The van der Waals surface area contributed by atoms with Gasteiger partial charge in [-0.1, -0.05) is 28.1 Å². The molecule has 3 rings (SSSR count). The standard InChI is InChI=1S/C20H23Br2NO2/c1-20(24,10-13-23-11-2-3-12-23)15-4-7-17(8-5-15)25-19-9-6-16(21)14-18(19)22/h4-9,14,24H,2-3,10-13H2,1H3. The molecule has 1 unspecified atom stereocenters. The van der Waals surface area contributed by atoms with Crippen LogP contribution in [0.15, 0.2) is 51.4 Å². The van der Waals surface area contributed by atoms with Gasteiger partial charge < -0.3 is 14.7 Å². The Morgan fingerprint density at radius 1 is 1.08 bits per heavy atom. The molecule has 0 radical (unpaired) electrons. The number of nitrogens with zero attached hydrogens (tertiary/aromatic N) is 1. The number of likely N-dealkylation sites (tertiary alicyclic amines) is 1. The van der Waals surface area contributed by atoms with Crippen molar-refractivity contribution in [1.82, 2.24) is 4.90 Å². The number of benzene rings is 2. The van der Waals surface area contributed by atoms with Crippen LogP contribution >= 0.6 is 31.9 Å². The maximum absolute atomic E-state index is 10.8. The summed E-state index contributed by atoms with van der Waals surface area (Å²) in [6.07, 6.45) is 3.30. The normalized spacial score (nSPS) is 17.4. The van der Waals surface area contributed by atoms with E-state index in [2.05, 4.69) is 36.8 Å². The number of aliphatic hydroxyl groups is 1. The minimum Gasteiger partial charge on any atom is -0.456 e. The van der Waals surface area contributed by atoms with Crippen molar-refractivity contribution in [3.63, 3.8) is 0 Å². The van der Waals surface area contributed by atoms with E-state index in [-0.39, 0.29) is 0 Å². The molecule has 5 heteroatoms. The lowest BCUT2D eigenvalue weighted by molar-refractivity contribution is 0.0382. The van der Waals surface area contributed by atoms with Crippen LogP contribution in [0.25, 0.3) is 0 Å². The van der Waals surface area contributed by atoms with Gasteiger partial charge in [0.05, 0.1) is 10.1 Å². The molecule has 1 aliphatic rings. The van der Waals surface area contributed by atoms with Gasteiger partial charge in [0.2, 0.25) is 0 Å². The summed E-state index contributed by atoms with van der Waals surface area (Å²) >= 11 is 6.94. The van der Waals surface area contributed by atoms with Crippen LogP contribution in [0.1, 0.15) is 31.7 Å². The lowest BCUT2D eigenvalue weighted by Crippen LogP contribution is -2.29. The first-order valence-corrected chi connectivity index (χ1v) is 10.2. The Bertz CT molecular complexity index is 710. The first-order chi connectivity index (χ1) is 11.9. The Morgan fingerprint density at radius 2 is 1.76 bits per heavy atom. The second-order valence-electron chi connectivity index (χ2n) is 6.77. The van der Waals surface area contributed by atoms with E-state index < -0.39 is 5.60 Å². The van der Waals surface area contributed by atoms with Crippen LogP contribution in [-0.4, -0.2) is 29.6 Å². The molecule has 0 amide bonds. The highest BCUT2D eigenvalue weighted by atomic mass is 79.9. The zero-order valence-corrected chi connectivity index (χ0v) is 17.5. The largest absolute Gasteiger partial charge is 0.456 e. The summed E-state index contributed by atoms with van der Waals surface area (Å²) in [5.74, 6) is 1.51. The van der Waals surface area contributed by atoms with Crippen LogP contribution in [0.4, 0.5) is 0 Å². The van der Waals surface area contributed by atoms with E-state index in [9.17, 15) is 5.11 Å². The Balaban J connectivity index is 1.64. The summed E-state index contributed by atoms with van der Waals surface area (Å²) in [5.41, 5.74) is 0.105. The molecule has 2 aromatic carbocycles. The molecule has 3 nitrogen and oxygen atoms in total. The second-order valence-corrected chi connectivity index (χ2v) is 8.54. The zero-order chi connectivity index (χ0) is 17.9. The highest BCUT2D eigenvalue weighted by Gasteiger charge is 2.24. The molecule has 1 atom stereocenters. The Labute approximate surface area is 166 Å². The van der Waals surface area contributed by atoms with Gasteiger partial charge in [-0.25, -0.2) is 0 Å². The predicted octanol–water partition coefficient (Wildman–Crippen LogP) is 5.70. The number of ether oxygens (including phenoxy) is 1. The van der Waals surface area contributed by atoms with Crippen molar-refractivity contribution >= 4 is 31.9 Å². The Morgan fingerprint density at radius 3 is 2.40 bits per heavy atom. The molecule has 0 spiro atoms. The average Bonchev–Trinajstić information content (AvgIpc) is 3.10. The van der Waals surface area contributed by atoms with Crippen LogP contribution in [0.3, 0.4) is 0 Å². The molecular weight excluding hydrogens is 446 g/mol. The van der Waals surface area contributed by atoms with E-state index in [1.54, 1.807) is 0 Å². The molecule has 0 aliphatic carbocycles. The zero-order valence-electron chi connectivity index (χ0n) is 14.3. The van der Waals surface area contributed by atoms with Gasteiger partial charge in [-0.2, -0.15) is 0 Å². The SMILES string of the molecule is CC(O)(CCN1CCCC1)c1ccc(Oc2ccc(Br)cc2Br)cc1. The van der Waals surface area contributed by atoms with Gasteiger partial charge in [0.25, 0.3) is 0 Å². The van der Waals surface area contributed by atoms with Gasteiger partial charge in [-0.3, -0.25) is 0 Å².